The molecule has 2 nitrogen and oxygen atoms in total. The Hall–Kier alpha value is -0.800. The first-order valence-corrected chi connectivity index (χ1v) is 6.00. The second-order valence-corrected chi connectivity index (χ2v) is 5.13. The minimum absolute atomic E-state index is 0.0974. The molecular weight excluding hydrogens is 206 g/mol. The number of benzene rings is 1. The first kappa shape index (κ1) is 12.3. The van der Waals surface area contributed by atoms with Crippen LogP contribution in [0.3, 0.4) is 0 Å². The van der Waals surface area contributed by atoms with Crippen molar-refractivity contribution in [2.24, 2.45) is 0 Å². The summed E-state index contributed by atoms with van der Waals surface area (Å²) < 4.78 is 3.17. The lowest BCUT2D eigenvalue weighted by atomic mass is 10.1. The van der Waals surface area contributed by atoms with Gasteiger partial charge in [0.25, 0.3) is 0 Å². The van der Waals surface area contributed by atoms with Gasteiger partial charge in [-0.3, -0.25) is 4.72 Å². The van der Waals surface area contributed by atoms with Crippen LogP contribution in [0.15, 0.2) is 30.3 Å². The summed E-state index contributed by atoms with van der Waals surface area (Å²) in [5.41, 5.74) is 1.19. The van der Waals surface area contributed by atoms with Crippen LogP contribution >= 0.6 is 11.9 Å². The summed E-state index contributed by atoms with van der Waals surface area (Å²) in [6.07, 6.45) is 1.73. The summed E-state index contributed by atoms with van der Waals surface area (Å²) in [7, 11) is 0. The van der Waals surface area contributed by atoms with Crippen molar-refractivity contribution in [2.45, 2.75) is 31.6 Å². The fraction of sp³-hybridized carbons (Fsp3) is 0.417. The van der Waals surface area contributed by atoms with Crippen LogP contribution in [-0.4, -0.2) is 17.6 Å². The first-order valence-electron chi connectivity index (χ1n) is 5.12. The van der Waals surface area contributed by atoms with Gasteiger partial charge in [0.2, 0.25) is 0 Å². The van der Waals surface area contributed by atoms with E-state index in [1.54, 1.807) is 11.9 Å². The molecule has 0 radical (unpaired) electrons. The number of carbonyl (C=O) groups excluding carboxylic acids is 1. The van der Waals surface area contributed by atoms with E-state index in [1.165, 1.54) is 5.56 Å². The Balaban J connectivity index is 2.43. The van der Waals surface area contributed by atoms with Crippen molar-refractivity contribution in [3.63, 3.8) is 0 Å². The lowest BCUT2D eigenvalue weighted by Crippen LogP contribution is -2.28. The SMILES string of the molecule is CC(C)SNC(C=O)Cc1ccccc1. The molecule has 1 aromatic carbocycles. The van der Waals surface area contributed by atoms with E-state index < -0.39 is 0 Å². The zero-order chi connectivity index (χ0) is 11.1. The average molecular weight is 223 g/mol. The molecule has 0 saturated heterocycles. The maximum Gasteiger partial charge on any atom is 0.138 e. The van der Waals surface area contributed by atoms with E-state index in [2.05, 4.69) is 18.6 Å². The quantitative estimate of drug-likeness (QED) is 0.593. The van der Waals surface area contributed by atoms with Crippen molar-refractivity contribution in [3.05, 3.63) is 35.9 Å². The van der Waals surface area contributed by atoms with Crippen LogP contribution in [0.4, 0.5) is 0 Å². The normalized spacial score (nSPS) is 12.7. The predicted octanol–water partition coefficient (Wildman–Crippen LogP) is 2.44. The fourth-order valence-electron chi connectivity index (χ4n) is 1.21. The van der Waals surface area contributed by atoms with Crippen LogP contribution < -0.4 is 4.72 Å². The topological polar surface area (TPSA) is 29.1 Å². The molecule has 0 amide bonds. The molecular formula is C12H17NOS. The smallest absolute Gasteiger partial charge is 0.138 e. The van der Waals surface area contributed by atoms with Gasteiger partial charge in [-0.15, -0.1) is 0 Å². The highest BCUT2D eigenvalue weighted by molar-refractivity contribution is 7.98. The Labute approximate surface area is 95.6 Å². The van der Waals surface area contributed by atoms with Crippen LogP contribution in [0, 0.1) is 0 Å². The van der Waals surface area contributed by atoms with Crippen LogP contribution in [0.1, 0.15) is 19.4 Å². The number of aldehydes is 1. The highest BCUT2D eigenvalue weighted by Crippen LogP contribution is 2.08. The molecule has 0 aliphatic carbocycles. The van der Waals surface area contributed by atoms with Gasteiger partial charge in [-0.1, -0.05) is 56.1 Å². The third-order valence-electron chi connectivity index (χ3n) is 1.92. The lowest BCUT2D eigenvalue weighted by molar-refractivity contribution is -0.109. The third kappa shape index (κ3) is 5.00. The minimum atomic E-state index is -0.0974. The van der Waals surface area contributed by atoms with Crippen LogP contribution in [0.25, 0.3) is 0 Å². The van der Waals surface area contributed by atoms with Gasteiger partial charge in [-0.05, 0) is 12.0 Å². The summed E-state index contributed by atoms with van der Waals surface area (Å²) >= 11 is 1.60. The minimum Gasteiger partial charge on any atom is -0.302 e. The fourth-order valence-corrected chi connectivity index (χ4v) is 1.79. The Morgan fingerprint density at radius 2 is 2.00 bits per heavy atom. The van der Waals surface area contributed by atoms with Crippen molar-refractivity contribution in [1.82, 2.24) is 4.72 Å². The van der Waals surface area contributed by atoms with Crippen LogP contribution in [0.5, 0.6) is 0 Å². The van der Waals surface area contributed by atoms with Gasteiger partial charge in [0.1, 0.15) is 6.29 Å². The zero-order valence-electron chi connectivity index (χ0n) is 9.14. The van der Waals surface area contributed by atoms with E-state index in [4.69, 9.17) is 0 Å². The number of hydrogen-bond acceptors (Lipinski definition) is 3. The molecule has 0 heterocycles. The van der Waals surface area contributed by atoms with Crippen molar-refractivity contribution < 1.29 is 4.79 Å². The van der Waals surface area contributed by atoms with Crippen molar-refractivity contribution >= 4 is 18.2 Å². The number of rotatable bonds is 6. The van der Waals surface area contributed by atoms with Gasteiger partial charge in [-0.2, -0.15) is 0 Å². The van der Waals surface area contributed by atoms with Gasteiger partial charge < -0.3 is 4.79 Å². The van der Waals surface area contributed by atoms with E-state index in [0.29, 0.717) is 5.25 Å². The molecule has 0 saturated carbocycles. The van der Waals surface area contributed by atoms with Crippen LogP contribution in [0.2, 0.25) is 0 Å². The molecule has 0 bridgehead atoms. The Morgan fingerprint density at radius 3 is 2.53 bits per heavy atom. The summed E-state index contributed by atoms with van der Waals surface area (Å²) in [6, 6.07) is 9.95. The Kier molecular flexibility index (Phi) is 5.43. The highest BCUT2D eigenvalue weighted by Gasteiger charge is 2.08. The van der Waals surface area contributed by atoms with Gasteiger partial charge in [-0.25, -0.2) is 0 Å². The molecule has 82 valence electrons. The maximum absolute atomic E-state index is 10.8. The molecule has 0 aliphatic heterocycles. The average Bonchev–Trinajstić information content (AvgIpc) is 2.25. The highest BCUT2D eigenvalue weighted by atomic mass is 32.2. The second kappa shape index (κ2) is 6.64. The van der Waals surface area contributed by atoms with E-state index in [0.717, 1.165) is 12.7 Å². The monoisotopic (exact) mass is 223 g/mol. The molecule has 3 heteroatoms. The second-order valence-electron chi connectivity index (χ2n) is 3.72. The predicted molar refractivity (Wildman–Crippen MR) is 65.9 cm³/mol. The van der Waals surface area contributed by atoms with Crippen molar-refractivity contribution in [1.29, 1.82) is 0 Å². The first-order chi connectivity index (χ1) is 7.22. The molecule has 1 aromatic rings. The van der Waals surface area contributed by atoms with Crippen LogP contribution in [-0.2, 0) is 11.2 Å². The number of carbonyl (C=O) groups is 1. The van der Waals surface area contributed by atoms with E-state index in [-0.39, 0.29) is 6.04 Å². The maximum atomic E-state index is 10.8. The molecule has 15 heavy (non-hydrogen) atoms. The molecule has 1 rings (SSSR count). The summed E-state index contributed by atoms with van der Waals surface area (Å²) in [4.78, 5) is 10.8. The number of hydrogen-bond donors (Lipinski definition) is 1. The van der Waals surface area contributed by atoms with Gasteiger partial charge in [0, 0.05) is 5.25 Å². The van der Waals surface area contributed by atoms with Crippen molar-refractivity contribution in [2.75, 3.05) is 0 Å². The Bertz CT molecular complexity index is 287. The van der Waals surface area contributed by atoms with Gasteiger partial charge >= 0.3 is 0 Å². The van der Waals surface area contributed by atoms with E-state index in [9.17, 15) is 4.79 Å². The summed E-state index contributed by atoms with van der Waals surface area (Å²) in [6.45, 7) is 4.20. The Morgan fingerprint density at radius 1 is 1.33 bits per heavy atom. The molecule has 1 unspecified atom stereocenters. The molecule has 0 spiro atoms. The summed E-state index contributed by atoms with van der Waals surface area (Å²) in [5.74, 6) is 0. The summed E-state index contributed by atoms with van der Waals surface area (Å²) in [5, 5.41) is 0.489. The molecule has 1 atom stereocenters. The molecule has 1 N–H and O–H groups in total. The third-order valence-corrected chi connectivity index (χ3v) is 2.83. The largest absolute Gasteiger partial charge is 0.302 e. The molecule has 0 aliphatic rings. The lowest BCUT2D eigenvalue weighted by Gasteiger charge is -2.13. The van der Waals surface area contributed by atoms with Crippen molar-refractivity contribution in [3.8, 4) is 0 Å². The molecule has 0 fully saturated rings. The van der Waals surface area contributed by atoms with Gasteiger partial charge in [0.05, 0.1) is 6.04 Å². The molecule has 0 aromatic heterocycles. The zero-order valence-corrected chi connectivity index (χ0v) is 9.96. The number of nitrogens with one attached hydrogen (secondary N) is 1. The van der Waals surface area contributed by atoms with E-state index >= 15 is 0 Å². The van der Waals surface area contributed by atoms with E-state index in [1.807, 2.05) is 30.3 Å². The standard InChI is InChI=1S/C12H17NOS/c1-10(2)15-13-12(9-14)8-11-6-4-3-5-7-11/h3-7,9-10,12-13H,8H2,1-2H3. The van der Waals surface area contributed by atoms with Gasteiger partial charge in [0.15, 0.2) is 0 Å².